The minimum atomic E-state index is -3.83. The number of aliphatic hydroxyl groups is 1. The third kappa shape index (κ3) is 3.55. The topological polar surface area (TPSA) is 109 Å². The number of carboxylic acids is 1. The van der Waals surface area contributed by atoms with Gasteiger partial charge in [-0.25, -0.2) is 17.9 Å². The van der Waals surface area contributed by atoms with E-state index in [9.17, 15) is 13.2 Å². The highest BCUT2D eigenvalue weighted by Gasteiger charge is 2.23. The van der Waals surface area contributed by atoms with Crippen molar-refractivity contribution in [2.24, 2.45) is 0 Å². The summed E-state index contributed by atoms with van der Waals surface area (Å²) in [5.74, 6) is -1.19. The monoisotopic (exact) mass is 290 g/mol. The average Bonchev–Trinajstić information content (AvgIpc) is 2.73. The van der Waals surface area contributed by atoms with Crippen LogP contribution in [0.4, 0.5) is 0 Å². The van der Waals surface area contributed by atoms with Crippen LogP contribution in [0, 0.1) is 0 Å². The highest BCUT2D eigenvalue weighted by atomic mass is 32.2. The van der Waals surface area contributed by atoms with Crippen molar-refractivity contribution in [1.29, 1.82) is 0 Å². The lowest BCUT2D eigenvalue weighted by Crippen LogP contribution is -2.34. The summed E-state index contributed by atoms with van der Waals surface area (Å²) in [5, 5.41) is 17.9. The van der Waals surface area contributed by atoms with Crippen LogP contribution in [-0.2, 0) is 10.0 Å². The number of nitrogens with zero attached hydrogens (tertiary/aromatic N) is 1. The van der Waals surface area contributed by atoms with Gasteiger partial charge in [0.1, 0.15) is 10.6 Å². The third-order valence-electron chi connectivity index (χ3n) is 2.54. The Hall–Kier alpha value is -1.38. The second-order valence-electron chi connectivity index (χ2n) is 4.57. The Morgan fingerprint density at radius 1 is 1.42 bits per heavy atom. The Labute approximate surface area is 111 Å². The highest BCUT2D eigenvalue weighted by Crippen LogP contribution is 2.19. The van der Waals surface area contributed by atoms with Crippen LogP contribution in [0.3, 0.4) is 0 Å². The van der Waals surface area contributed by atoms with Gasteiger partial charge in [-0.1, -0.05) is 0 Å². The Morgan fingerprint density at radius 3 is 2.37 bits per heavy atom. The molecular formula is C11H18N2O5S. The van der Waals surface area contributed by atoms with E-state index in [0.717, 1.165) is 6.07 Å². The first-order valence-electron chi connectivity index (χ1n) is 5.77. The van der Waals surface area contributed by atoms with E-state index in [2.05, 4.69) is 4.72 Å². The molecular weight excluding hydrogens is 272 g/mol. The molecule has 1 atom stereocenters. The van der Waals surface area contributed by atoms with Crippen molar-refractivity contribution in [3.63, 3.8) is 0 Å². The van der Waals surface area contributed by atoms with Crippen LogP contribution in [0.1, 0.15) is 37.3 Å². The minimum Gasteiger partial charge on any atom is -0.477 e. The number of nitrogens with one attached hydrogen (secondary N) is 1. The van der Waals surface area contributed by atoms with Gasteiger partial charge in [-0.3, -0.25) is 0 Å². The first kappa shape index (κ1) is 15.7. The van der Waals surface area contributed by atoms with Gasteiger partial charge in [0.05, 0.1) is 6.61 Å². The van der Waals surface area contributed by atoms with Gasteiger partial charge >= 0.3 is 5.97 Å². The molecule has 3 N–H and O–H groups in total. The smallest absolute Gasteiger partial charge is 0.352 e. The maximum absolute atomic E-state index is 12.0. The molecule has 8 heteroatoms. The molecule has 1 heterocycles. The first-order chi connectivity index (χ1) is 8.69. The molecule has 0 unspecified atom stereocenters. The van der Waals surface area contributed by atoms with Crippen molar-refractivity contribution in [2.45, 2.75) is 37.8 Å². The van der Waals surface area contributed by atoms with Crippen LogP contribution < -0.4 is 4.72 Å². The first-order valence-corrected chi connectivity index (χ1v) is 7.25. The van der Waals surface area contributed by atoms with Crippen LogP contribution in [0.15, 0.2) is 17.2 Å². The van der Waals surface area contributed by atoms with E-state index in [1.54, 1.807) is 13.8 Å². The van der Waals surface area contributed by atoms with Crippen molar-refractivity contribution < 1.29 is 23.4 Å². The van der Waals surface area contributed by atoms with Crippen LogP contribution in [0.5, 0.6) is 0 Å². The molecule has 1 aromatic rings. The number of hydrogen-bond acceptors (Lipinski definition) is 4. The van der Waals surface area contributed by atoms with Gasteiger partial charge in [-0.2, -0.15) is 0 Å². The Morgan fingerprint density at radius 2 is 2.00 bits per heavy atom. The summed E-state index contributed by atoms with van der Waals surface area (Å²) in [5.41, 5.74) is -0.0907. The molecule has 0 saturated heterocycles. The van der Waals surface area contributed by atoms with Gasteiger partial charge in [0, 0.05) is 18.3 Å². The molecule has 0 saturated carbocycles. The van der Waals surface area contributed by atoms with E-state index in [0.29, 0.717) is 0 Å². The predicted molar refractivity (Wildman–Crippen MR) is 68.6 cm³/mol. The van der Waals surface area contributed by atoms with Crippen molar-refractivity contribution in [1.82, 2.24) is 9.29 Å². The molecule has 0 aromatic carbocycles. The van der Waals surface area contributed by atoms with Crippen molar-refractivity contribution in [3.8, 4) is 0 Å². The fraction of sp³-hybridized carbons (Fsp3) is 0.545. The molecule has 1 aromatic heterocycles. The van der Waals surface area contributed by atoms with Crippen LogP contribution in [-0.4, -0.2) is 41.8 Å². The molecule has 7 nitrogen and oxygen atoms in total. The van der Waals surface area contributed by atoms with Crippen LogP contribution in [0.2, 0.25) is 0 Å². The largest absolute Gasteiger partial charge is 0.477 e. The number of aliphatic hydroxyl groups excluding tert-OH is 1. The standard InChI is InChI=1S/C11H18N2O5S/c1-7(2)13-5-9(4-10(13)11(15)16)19(17,18)12-8(3)6-14/h4-5,7-8,12,14H,6H2,1-3H3,(H,15,16)/t8-/m0/s1. The quantitative estimate of drug-likeness (QED) is 0.704. The zero-order chi connectivity index (χ0) is 14.8. The van der Waals surface area contributed by atoms with Crippen molar-refractivity contribution in [2.75, 3.05) is 6.61 Å². The lowest BCUT2D eigenvalue weighted by molar-refractivity contribution is 0.0683. The molecule has 0 bridgehead atoms. The Kier molecular flexibility index (Phi) is 4.72. The molecule has 0 radical (unpaired) electrons. The van der Waals surface area contributed by atoms with E-state index in [1.807, 2.05) is 0 Å². The molecule has 0 aliphatic heterocycles. The van der Waals surface area contributed by atoms with Gasteiger partial charge in [-0.15, -0.1) is 0 Å². The van der Waals surface area contributed by atoms with Gasteiger partial charge in [-0.05, 0) is 26.8 Å². The lowest BCUT2D eigenvalue weighted by Gasteiger charge is -2.11. The Balaban J connectivity index is 3.22. The second kappa shape index (κ2) is 5.72. The molecule has 19 heavy (non-hydrogen) atoms. The zero-order valence-electron chi connectivity index (χ0n) is 11.0. The molecule has 0 amide bonds. The number of rotatable bonds is 6. The number of aromatic nitrogens is 1. The molecule has 0 aliphatic carbocycles. The molecule has 108 valence electrons. The average molecular weight is 290 g/mol. The number of sulfonamides is 1. The van der Waals surface area contributed by atoms with E-state index in [1.165, 1.54) is 17.7 Å². The van der Waals surface area contributed by atoms with Crippen molar-refractivity contribution >= 4 is 16.0 Å². The van der Waals surface area contributed by atoms with Crippen molar-refractivity contribution in [3.05, 3.63) is 18.0 Å². The van der Waals surface area contributed by atoms with Gasteiger partial charge < -0.3 is 14.8 Å². The number of aromatic carboxylic acids is 1. The summed E-state index contributed by atoms with van der Waals surface area (Å²) in [6.07, 6.45) is 1.28. The normalized spacial score (nSPS) is 13.7. The fourth-order valence-electron chi connectivity index (χ4n) is 1.57. The molecule has 0 aliphatic rings. The third-order valence-corrected chi connectivity index (χ3v) is 4.10. The van der Waals surface area contributed by atoms with E-state index >= 15 is 0 Å². The Bertz CT molecular complexity index is 562. The number of carboxylic acid groups (broad SMARTS) is 1. The summed E-state index contributed by atoms with van der Waals surface area (Å²) in [6.45, 7) is 4.68. The SMILES string of the molecule is CC(C)n1cc(S(=O)(=O)N[C@@H](C)CO)cc1C(=O)O. The summed E-state index contributed by atoms with van der Waals surface area (Å²) in [4.78, 5) is 10.9. The second-order valence-corrected chi connectivity index (χ2v) is 6.29. The van der Waals surface area contributed by atoms with E-state index < -0.39 is 22.0 Å². The van der Waals surface area contributed by atoms with Crippen LogP contribution >= 0.6 is 0 Å². The summed E-state index contributed by atoms with van der Waals surface area (Å²) in [6, 6.07) is 0.292. The maximum Gasteiger partial charge on any atom is 0.352 e. The molecule has 1 rings (SSSR count). The molecule has 0 fully saturated rings. The van der Waals surface area contributed by atoms with Gasteiger partial charge in [0.25, 0.3) is 0 Å². The minimum absolute atomic E-state index is 0.0907. The fourth-order valence-corrected chi connectivity index (χ4v) is 2.83. The van der Waals surface area contributed by atoms with Gasteiger partial charge in [0.2, 0.25) is 10.0 Å². The lowest BCUT2D eigenvalue weighted by atomic mass is 10.3. The highest BCUT2D eigenvalue weighted by molar-refractivity contribution is 7.89. The number of carbonyl (C=O) groups is 1. The van der Waals surface area contributed by atoms with E-state index in [4.69, 9.17) is 10.2 Å². The van der Waals surface area contributed by atoms with Gasteiger partial charge in [0.15, 0.2) is 0 Å². The maximum atomic E-state index is 12.0. The molecule has 0 spiro atoms. The predicted octanol–water partition coefficient (Wildman–Crippen LogP) is 0.426. The summed E-state index contributed by atoms with van der Waals surface area (Å²) < 4.78 is 27.6. The zero-order valence-corrected chi connectivity index (χ0v) is 11.8. The summed E-state index contributed by atoms with van der Waals surface area (Å²) in [7, 11) is -3.83. The summed E-state index contributed by atoms with van der Waals surface area (Å²) >= 11 is 0. The van der Waals surface area contributed by atoms with E-state index in [-0.39, 0.29) is 23.2 Å². The van der Waals surface area contributed by atoms with Crippen LogP contribution in [0.25, 0.3) is 0 Å². The number of hydrogen-bond donors (Lipinski definition) is 3.